The molecule has 5 nitrogen and oxygen atoms in total. The Morgan fingerprint density at radius 3 is 2.50 bits per heavy atom. The number of hydrogen-bond acceptors (Lipinski definition) is 5. The molecule has 0 unspecified atom stereocenters. The van der Waals surface area contributed by atoms with E-state index in [0.717, 1.165) is 11.4 Å². The molecule has 1 N–H and O–H groups in total. The molecule has 1 heterocycles. The zero-order chi connectivity index (χ0) is 14.5. The van der Waals surface area contributed by atoms with Gasteiger partial charge in [0.15, 0.2) is 11.6 Å². The molecule has 0 atom stereocenters. The van der Waals surface area contributed by atoms with Crippen molar-refractivity contribution in [3.05, 3.63) is 47.0 Å². The van der Waals surface area contributed by atoms with Crippen molar-refractivity contribution < 1.29 is 9.13 Å². The van der Waals surface area contributed by atoms with E-state index in [1.54, 1.807) is 12.1 Å². The molecule has 0 radical (unpaired) electrons. The number of anilines is 1. The summed E-state index contributed by atoms with van der Waals surface area (Å²) >= 11 is 0. The van der Waals surface area contributed by atoms with Crippen molar-refractivity contribution in [3.8, 4) is 5.75 Å². The van der Waals surface area contributed by atoms with E-state index < -0.39 is 5.82 Å². The van der Waals surface area contributed by atoms with Crippen LogP contribution in [-0.2, 0) is 0 Å². The van der Waals surface area contributed by atoms with Crippen LogP contribution in [0.25, 0.3) is 0 Å². The van der Waals surface area contributed by atoms with E-state index in [-0.39, 0.29) is 5.75 Å². The second-order valence-corrected chi connectivity index (χ2v) is 4.24. The maximum Gasteiger partial charge on any atom is 0.243 e. The third kappa shape index (κ3) is 3.50. The molecule has 0 aliphatic rings. The number of aryl methyl sites for hydroxylation is 2. The van der Waals surface area contributed by atoms with E-state index in [9.17, 15) is 4.39 Å². The van der Waals surface area contributed by atoms with E-state index in [1.165, 1.54) is 19.4 Å². The fourth-order valence-electron chi connectivity index (χ4n) is 1.70. The van der Waals surface area contributed by atoms with E-state index in [4.69, 9.17) is 4.74 Å². The van der Waals surface area contributed by atoms with Crippen LogP contribution in [0.1, 0.15) is 17.0 Å². The summed E-state index contributed by atoms with van der Waals surface area (Å²) in [5, 5.41) is 3.98. The molecule has 0 spiro atoms. The van der Waals surface area contributed by atoms with Crippen LogP contribution in [0.2, 0.25) is 0 Å². The summed E-state index contributed by atoms with van der Waals surface area (Å²) in [4.78, 5) is 8.36. The number of benzene rings is 1. The summed E-state index contributed by atoms with van der Waals surface area (Å²) in [6.07, 6.45) is 1.49. The second kappa shape index (κ2) is 6.10. The third-order valence-corrected chi connectivity index (χ3v) is 2.54. The van der Waals surface area contributed by atoms with Crippen molar-refractivity contribution in [2.24, 2.45) is 5.10 Å². The molecular formula is C14H15FN4O. The van der Waals surface area contributed by atoms with Gasteiger partial charge in [-0.25, -0.2) is 19.8 Å². The van der Waals surface area contributed by atoms with E-state index in [0.29, 0.717) is 11.5 Å². The molecule has 1 aromatic heterocycles. The summed E-state index contributed by atoms with van der Waals surface area (Å²) in [7, 11) is 1.42. The highest BCUT2D eigenvalue weighted by Gasteiger charge is 2.02. The molecule has 0 saturated carbocycles. The number of nitrogens with zero attached hydrogens (tertiary/aromatic N) is 3. The topological polar surface area (TPSA) is 59.4 Å². The Hall–Kier alpha value is -2.50. The summed E-state index contributed by atoms with van der Waals surface area (Å²) < 4.78 is 18.3. The Balaban J connectivity index is 2.08. The predicted molar refractivity (Wildman–Crippen MR) is 75.7 cm³/mol. The number of nitrogens with one attached hydrogen (secondary N) is 1. The monoisotopic (exact) mass is 274 g/mol. The fourth-order valence-corrected chi connectivity index (χ4v) is 1.70. The molecule has 1 aromatic carbocycles. The lowest BCUT2D eigenvalue weighted by molar-refractivity contribution is 0.386. The van der Waals surface area contributed by atoms with Crippen molar-refractivity contribution >= 4 is 12.2 Å². The van der Waals surface area contributed by atoms with Crippen LogP contribution < -0.4 is 10.2 Å². The van der Waals surface area contributed by atoms with E-state index >= 15 is 0 Å². The van der Waals surface area contributed by atoms with E-state index in [1.807, 2.05) is 19.9 Å². The summed E-state index contributed by atoms with van der Waals surface area (Å²) in [6, 6.07) is 6.46. The fraction of sp³-hybridized carbons (Fsp3) is 0.214. The number of methoxy groups -OCH3 is 1. The predicted octanol–water partition coefficient (Wildman–Crippen LogP) is 2.69. The van der Waals surface area contributed by atoms with Crippen LogP contribution in [0, 0.1) is 19.7 Å². The number of halogens is 1. The minimum atomic E-state index is -0.431. The van der Waals surface area contributed by atoms with Crippen LogP contribution in [0.5, 0.6) is 5.75 Å². The Labute approximate surface area is 116 Å². The van der Waals surface area contributed by atoms with Crippen LogP contribution in [0.4, 0.5) is 10.3 Å². The first-order chi connectivity index (χ1) is 9.58. The molecule has 20 heavy (non-hydrogen) atoms. The maximum atomic E-state index is 13.5. The molecule has 0 bridgehead atoms. The smallest absolute Gasteiger partial charge is 0.243 e. The first kappa shape index (κ1) is 13.9. The van der Waals surface area contributed by atoms with Gasteiger partial charge in [-0.15, -0.1) is 0 Å². The number of ether oxygens (including phenoxy) is 1. The maximum absolute atomic E-state index is 13.5. The Morgan fingerprint density at radius 1 is 1.20 bits per heavy atom. The van der Waals surface area contributed by atoms with Gasteiger partial charge in [-0.3, -0.25) is 0 Å². The number of aromatic nitrogens is 2. The van der Waals surface area contributed by atoms with Gasteiger partial charge in [0.25, 0.3) is 0 Å². The first-order valence-corrected chi connectivity index (χ1v) is 6.03. The highest BCUT2D eigenvalue weighted by atomic mass is 19.1. The highest BCUT2D eigenvalue weighted by molar-refractivity contribution is 5.80. The second-order valence-electron chi connectivity index (χ2n) is 4.24. The van der Waals surface area contributed by atoms with Gasteiger partial charge in [0.1, 0.15) is 0 Å². The van der Waals surface area contributed by atoms with Gasteiger partial charge in [-0.2, -0.15) is 5.10 Å². The molecule has 0 saturated heterocycles. The van der Waals surface area contributed by atoms with Crippen LogP contribution in [0.15, 0.2) is 29.4 Å². The van der Waals surface area contributed by atoms with Crippen LogP contribution in [0.3, 0.4) is 0 Å². The molecule has 104 valence electrons. The summed E-state index contributed by atoms with van der Waals surface area (Å²) in [6.45, 7) is 3.75. The normalized spacial score (nSPS) is 10.8. The third-order valence-electron chi connectivity index (χ3n) is 2.54. The zero-order valence-corrected chi connectivity index (χ0v) is 11.5. The van der Waals surface area contributed by atoms with Gasteiger partial charge < -0.3 is 4.74 Å². The van der Waals surface area contributed by atoms with Crippen molar-refractivity contribution in [1.29, 1.82) is 0 Å². The van der Waals surface area contributed by atoms with Gasteiger partial charge >= 0.3 is 0 Å². The zero-order valence-electron chi connectivity index (χ0n) is 11.5. The number of hydrogen-bond donors (Lipinski definition) is 1. The standard InChI is InChI=1S/C14H15FN4O/c1-9-6-10(2)18-14(17-9)19-16-8-11-4-5-13(20-3)12(15)7-11/h4-8H,1-3H3,(H,17,18,19)/b16-8-. The number of rotatable bonds is 4. The molecule has 0 fully saturated rings. The molecule has 2 rings (SSSR count). The number of hydrazone groups is 1. The van der Waals surface area contributed by atoms with Gasteiger partial charge in [0.05, 0.1) is 13.3 Å². The van der Waals surface area contributed by atoms with Gasteiger partial charge in [-0.05, 0) is 43.7 Å². The minimum Gasteiger partial charge on any atom is -0.494 e. The Kier molecular flexibility index (Phi) is 4.24. The molecule has 0 aliphatic carbocycles. The van der Waals surface area contributed by atoms with Crippen molar-refractivity contribution in [1.82, 2.24) is 9.97 Å². The van der Waals surface area contributed by atoms with Gasteiger partial charge in [-0.1, -0.05) is 0 Å². The summed E-state index contributed by atoms with van der Waals surface area (Å²) in [5.74, 6) is 0.180. The molecule has 6 heteroatoms. The highest BCUT2D eigenvalue weighted by Crippen LogP contribution is 2.16. The molecule has 2 aromatic rings. The van der Waals surface area contributed by atoms with Crippen molar-refractivity contribution in [2.75, 3.05) is 12.5 Å². The van der Waals surface area contributed by atoms with Crippen molar-refractivity contribution in [2.45, 2.75) is 13.8 Å². The van der Waals surface area contributed by atoms with Crippen LogP contribution >= 0.6 is 0 Å². The Morgan fingerprint density at radius 2 is 1.90 bits per heavy atom. The lowest BCUT2D eigenvalue weighted by Gasteiger charge is -2.03. The quantitative estimate of drug-likeness (QED) is 0.688. The average Bonchev–Trinajstić information content (AvgIpc) is 2.38. The van der Waals surface area contributed by atoms with Crippen LogP contribution in [-0.4, -0.2) is 23.3 Å². The van der Waals surface area contributed by atoms with E-state index in [2.05, 4.69) is 20.5 Å². The molecule has 0 aliphatic heterocycles. The largest absolute Gasteiger partial charge is 0.494 e. The van der Waals surface area contributed by atoms with Gasteiger partial charge in [0.2, 0.25) is 5.95 Å². The Bertz CT molecular complexity index is 623. The molecule has 0 amide bonds. The summed E-state index contributed by atoms with van der Waals surface area (Å²) in [5.41, 5.74) is 5.03. The lowest BCUT2D eigenvalue weighted by Crippen LogP contribution is -2.00. The lowest BCUT2D eigenvalue weighted by atomic mass is 10.2. The van der Waals surface area contributed by atoms with Gasteiger partial charge in [0, 0.05) is 11.4 Å². The minimum absolute atomic E-state index is 0.202. The molecular weight excluding hydrogens is 259 g/mol. The first-order valence-electron chi connectivity index (χ1n) is 6.03. The average molecular weight is 274 g/mol. The SMILES string of the molecule is COc1ccc(/C=N\Nc2nc(C)cc(C)n2)cc1F. The van der Waals surface area contributed by atoms with Crippen molar-refractivity contribution in [3.63, 3.8) is 0 Å².